The number of hydrogen-bond donors (Lipinski definition) is 2. The Hall–Kier alpha value is -3.13. The number of nitrogens with zero attached hydrogens (tertiary/aromatic N) is 2. The van der Waals surface area contributed by atoms with Gasteiger partial charge in [0.05, 0.1) is 29.4 Å². The fourth-order valence-corrected chi connectivity index (χ4v) is 3.17. The van der Waals surface area contributed by atoms with Gasteiger partial charge in [-0.2, -0.15) is 5.10 Å². The Morgan fingerprint density at radius 3 is 2.52 bits per heavy atom. The number of amides is 1. The van der Waals surface area contributed by atoms with E-state index >= 15 is 0 Å². The average molecular weight is 384 g/mol. The van der Waals surface area contributed by atoms with Crippen molar-refractivity contribution in [2.45, 2.75) is 6.42 Å². The average Bonchev–Trinajstić information content (AvgIpc) is 3.10. The normalized spacial score (nSPS) is 11.1. The molecule has 0 unspecified atom stereocenters. The summed E-state index contributed by atoms with van der Waals surface area (Å²) in [4.78, 5) is 12.4. The fourth-order valence-electron chi connectivity index (χ4n) is 2.60. The first kappa shape index (κ1) is 18.7. The van der Waals surface area contributed by atoms with E-state index in [9.17, 15) is 13.2 Å². The summed E-state index contributed by atoms with van der Waals surface area (Å²) >= 11 is 0. The summed E-state index contributed by atoms with van der Waals surface area (Å²) in [6.07, 6.45) is 5.34. The lowest BCUT2D eigenvalue weighted by Gasteiger charge is -2.10. The zero-order valence-electron chi connectivity index (χ0n) is 14.8. The summed E-state index contributed by atoms with van der Waals surface area (Å²) in [5, 5.41) is 7.14. The van der Waals surface area contributed by atoms with Crippen LogP contribution in [0.25, 0.3) is 5.69 Å². The SMILES string of the molecule is CS(=O)(=O)Nc1ccccc1C(=O)NCCc1cnn(-c2ccccc2)c1. The summed E-state index contributed by atoms with van der Waals surface area (Å²) in [5.74, 6) is -0.336. The van der Waals surface area contributed by atoms with Gasteiger partial charge in [-0.3, -0.25) is 9.52 Å². The number of nitrogens with one attached hydrogen (secondary N) is 2. The number of para-hydroxylation sites is 2. The quantitative estimate of drug-likeness (QED) is 0.653. The molecule has 140 valence electrons. The molecule has 27 heavy (non-hydrogen) atoms. The second kappa shape index (κ2) is 8.05. The highest BCUT2D eigenvalue weighted by atomic mass is 32.2. The lowest BCUT2D eigenvalue weighted by molar-refractivity contribution is 0.0955. The first-order chi connectivity index (χ1) is 12.9. The highest BCUT2D eigenvalue weighted by Crippen LogP contribution is 2.16. The predicted molar refractivity (Wildman–Crippen MR) is 105 cm³/mol. The molecule has 1 aromatic heterocycles. The van der Waals surface area contributed by atoms with Gasteiger partial charge in [0, 0.05) is 12.7 Å². The van der Waals surface area contributed by atoms with Crippen molar-refractivity contribution < 1.29 is 13.2 Å². The van der Waals surface area contributed by atoms with Gasteiger partial charge in [0.15, 0.2) is 0 Å². The molecule has 0 fully saturated rings. The third-order valence-corrected chi connectivity index (χ3v) is 4.41. The van der Waals surface area contributed by atoms with Crippen molar-refractivity contribution in [1.82, 2.24) is 15.1 Å². The van der Waals surface area contributed by atoms with Crippen LogP contribution in [-0.2, 0) is 16.4 Å². The maximum atomic E-state index is 12.4. The van der Waals surface area contributed by atoms with Crippen molar-refractivity contribution in [2.75, 3.05) is 17.5 Å². The molecule has 1 heterocycles. The number of carbonyl (C=O) groups is 1. The number of benzene rings is 2. The highest BCUT2D eigenvalue weighted by Gasteiger charge is 2.13. The van der Waals surface area contributed by atoms with Crippen LogP contribution in [0.3, 0.4) is 0 Å². The molecule has 3 rings (SSSR count). The minimum Gasteiger partial charge on any atom is -0.352 e. The second-order valence-corrected chi connectivity index (χ2v) is 7.80. The molecule has 7 nitrogen and oxygen atoms in total. The Morgan fingerprint density at radius 1 is 1.07 bits per heavy atom. The van der Waals surface area contributed by atoms with Crippen LogP contribution in [0.2, 0.25) is 0 Å². The molecule has 0 radical (unpaired) electrons. The molecule has 0 aliphatic heterocycles. The molecule has 0 aliphatic carbocycles. The number of sulfonamides is 1. The van der Waals surface area contributed by atoms with Crippen molar-refractivity contribution in [2.24, 2.45) is 0 Å². The molecule has 3 aromatic rings. The summed E-state index contributed by atoms with van der Waals surface area (Å²) < 4.78 is 27.0. The van der Waals surface area contributed by atoms with Gasteiger partial charge in [-0.15, -0.1) is 0 Å². The van der Waals surface area contributed by atoms with Gasteiger partial charge in [-0.25, -0.2) is 13.1 Å². The summed E-state index contributed by atoms with van der Waals surface area (Å²) in [5.41, 5.74) is 2.49. The fraction of sp³-hybridized carbons (Fsp3) is 0.158. The van der Waals surface area contributed by atoms with Crippen LogP contribution in [0.1, 0.15) is 15.9 Å². The number of aromatic nitrogens is 2. The van der Waals surface area contributed by atoms with Crippen LogP contribution in [0.5, 0.6) is 0 Å². The molecule has 2 aromatic carbocycles. The zero-order chi connectivity index (χ0) is 19.3. The molecule has 0 spiro atoms. The Kier molecular flexibility index (Phi) is 5.56. The number of rotatable bonds is 7. The molecule has 0 bridgehead atoms. The number of anilines is 1. The molecule has 0 atom stereocenters. The van der Waals surface area contributed by atoms with Crippen LogP contribution >= 0.6 is 0 Å². The molecule has 0 aliphatic rings. The molecule has 0 saturated heterocycles. The maximum absolute atomic E-state index is 12.4. The molecular formula is C19H20N4O3S. The van der Waals surface area contributed by atoms with Gasteiger partial charge < -0.3 is 5.32 Å². The van der Waals surface area contributed by atoms with Crippen molar-refractivity contribution >= 4 is 21.6 Å². The van der Waals surface area contributed by atoms with E-state index in [0.29, 0.717) is 13.0 Å². The van der Waals surface area contributed by atoms with E-state index in [1.807, 2.05) is 36.5 Å². The van der Waals surface area contributed by atoms with Crippen LogP contribution in [0, 0.1) is 0 Å². The van der Waals surface area contributed by atoms with E-state index in [1.54, 1.807) is 35.1 Å². The molecule has 8 heteroatoms. The molecular weight excluding hydrogens is 364 g/mol. The van der Waals surface area contributed by atoms with E-state index in [4.69, 9.17) is 0 Å². The lowest BCUT2D eigenvalue weighted by atomic mass is 10.1. The Morgan fingerprint density at radius 2 is 1.78 bits per heavy atom. The molecule has 1 amide bonds. The molecule has 0 saturated carbocycles. The third kappa shape index (κ3) is 5.18. The number of carbonyl (C=O) groups excluding carboxylic acids is 1. The highest BCUT2D eigenvalue weighted by molar-refractivity contribution is 7.92. The standard InChI is InChI=1S/C19H20N4O3S/c1-27(25,26)22-18-10-6-5-9-17(18)19(24)20-12-11-15-13-21-23(14-15)16-7-3-2-4-8-16/h2-10,13-14,22H,11-12H2,1H3,(H,20,24). The van der Waals surface area contributed by atoms with Crippen molar-refractivity contribution in [3.05, 3.63) is 78.1 Å². The van der Waals surface area contributed by atoms with E-state index in [2.05, 4.69) is 15.1 Å². The van der Waals surface area contributed by atoms with Crippen LogP contribution in [0.4, 0.5) is 5.69 Å². The first-order valence-corrected chi connectivity index (χ1v) is 10.3. The van der Waals surface area contributed by atoms with Crippen LogP contribution in [0.15, 0.2) is 67.0 Å². The van der Waals surface area contributed by atoms with Crippen molar-refractivity contribution in [3.8, 4) is 5.69 Å². The minimum atomic E-state index is -3.46. The smallest absolute Gasteiger partial charge is 0.253 e. The van der Waals surface area contributed by atoms with E-state index in [1.165, 1.54) is 0 Å². The van der Waals surface area contributed by atoms with Gasteiger partial charge in [-0.05, 0) is 36.2 Å². The van der Waals surface area contributed by atoms with E-state index in [-0.39, 0.29) is 17.2 Å². The first-order valence-electron chi connectivity index (χ1n) is 8.36. The zero-order valence-corrected chi connectivity index (χ0v) is 15.6. The predicted octanol–water partition coefficient (Wildman–Crippen LogP) is 2.22. The summed E-state index contributed by atoms with van der Waals surface area (Å²) in [6.45, 7) is 0.409. The maximum Gasteiger partial charge on any atom is 0.253 e. The van der Waals surface area contributed by atoms with Gasteiger partial charge >= 0.3 is 0 Å². The van der Waals surface area contributed by atoms with Gasteiger partial charge in [0.25, 0.3) is 5.91 Å². The van der Waals surface area contributed by atoms with Gasteiger partial charge in [0.2, 0.25) is 10.0 Å². The monoisotopic (exact) mass is 384 g/mol. The largest absolute Gasteiger partial charge is 0.352 e. The van der Waals surface area contributed by atoms with Crippen molar-refractivity contribution in [3.63, 3.8) is 0 Å². The lowest BCUT2D eigenvalue weighted by Crippen LogP contribution is -2.27. The van der Waals surface area contributed by atoms with Gasteiger partial charge in [0.1, 0.15) is 0 Å². The van der Waals surface area contributed by atoms with Crippen LogP contribution in [-0.4, -0.2) is 36.9 Å². The summed E-state index contributed by atoms with van der Waals surface area (Å²) in [6, 6.07) is 16.2. The third-order valence-electron chi connectivity index (χ3n) is 3.82. The van der Waals surface area contributed by atoms with E-state index in [0.717, 1.165) is 17.5 Å². The summed E-state index contributed by atoms with van der Waals surface area (Å²) in [7, 11) is -3.46. The number of hydrogen-bond acceptors (Lipinski definition) is 4. The Balaban J connectivity index is 1.60. The minimum absolute atomic E-state index is 0.259. The Labute approximate surface area is 158 Å². The van der Waals surface area contributed by atoms with E-state index < -0.39 is 10.0 Å². The Bertz CT molecular complexity index is 1030. The molecule has 2 N–H and O–H groups in total. The van der Waals surface area contributed by atoms with Gasteiger partial charge in [-0.1, -0.05) is 30.3 Å². The van der Waals surface area contributed by atoms with Crippen LogP contribution < -0.4 is 10.0 Å². The second-order valence-electron chi connectivity index (χ2n) is 6.05. The van der Waals surface area contributed by atoms with Crippen molar-refractivity contribution in [1.29, 1.82) is 0 Å². The topological polar surface area (TPSA) is 93.1 Å².